The van der Waals surface area contributed by atoms with E-state index in [0.717, 1.165) is 24.7 Å². The standard InChI is InChI=1S/C15H21F3N2/c1-10-8-20(9-11(2)19-10)12(3)13-5-4-6-14(7-13)15(16,17)18/h4-7,10-12,19H,8-9H2,1-3H3. The van der Waals surface area contributed by atoms with Crippen molar-refractivity contribution in [1.29, 1.82) is 0 Å². The summed E-state index contributed by atoms with van der Waals surface area (Å²) >= 11 is 0. The molecule has 0 spiro atoms. The second kappa shape index (κ2) is 5.74. The molecule has 0 aromatic heterocycles. The number of hydrogen-bond donors (Lipinski definition) is 1. The van der Waals surface area contributed by atoms with Gasteiger partial charge in [0, 0.05) is 31.2 Å². The molecule has 112 valence electrons. The van der Waals surface area contributed by atoms with Crippen molar-refractivity contribution in [2.45, 2.75) is 45.1 Å². The number of nitrogens with zero attached hydrogens (tertiary/aromatic N) is 1. The number of piperazine rings is 1. The fourth-order valence-electron chi connectivity index (χ4n) is 2.87. The lowest BCUT2D eigenvalue weighted by atomic mass is 10.0. The summed E-state index contributed by atoms with van der Waals surface area (Å²) in [6.45, 7) is 7.87. The Morgan fingerprint density at radius 3 is 2.35 bits per heavy atom. The third kappa shape index (κ3) is 3.52. The average Bonchev–Trinajstić information content (AvgIpc) is 2.36. The van der Waals surface area contributed by atoms with E-state index in [9.17, 15) is 13.2 Å². The topological polar surface area (TPSA) is 15.3 Å². The Labute approximate surface area is 118 Å². The van der Waals surface area contributed by atoms with Crippen LogP contribution in [-0.4, -0.2) is 30.1 Å². The number of rotatable bonds is 2. The first-order valence-electron chi connectivity index (χ1n) is 6.94. The predicted molar refractivity (Wildman–Crippen MR) is 73.5 cm³/mol. The third-order valence-corrected chi connectivity index (χ3v) is 3.83. The molecule has 0 radical (unpaired) electrons. The van der Waals surface area contributed by atoms with Crippen LogP contribution in [0.25, 0.3) is 0 Å². The molecular formula is C15H21F3N2. The first kappa shape index (κ1) is 15.3. The minimum absolute atomic E-state index is 0.00991. The zero-order chi connectivity index (χ0) is 14.9. The lowest BCUT2D eigenvalue weighted by Gasteiger charge is -2.40. The molecule has 1 fully saturated rings. The molecule has 1 aromatic rings. The van der Waals surface area contributed by atoms with E-state index in [2.05, 4.69) is 24.1 Å². The molecule has 0 aliphatic carbocycles. The minimum atomic E-state index is -4.28. The maximum Gasteiger partial charge on any atom is 0.416 e. The first-order valence-corrected chi connectivity index (χ1v) is 6.94. The monoisotopic (exact) mass is 286 g/mol. The fourth-order valence-corrected chi connectivity index (χ4v) is 2.87. The maximum absolute atomic E-state index is 12.8. The van der Waals surface area contributed by atoms with E-state index in [1.165, 1.54) is 12.1 Å². The quantitative estimate of drug-likeness (QED) is 0.896. The Morgan fingerprint density at radius 2 is 1.80 bits per heavy atom. The predicted octanol–water partition coefficient (Wildman–Crippen LogP) is 3.45. The highest BCUT2D eigenvalue weighted by Gasteiger charge is 2.32. The van der Waals surface area contributed by atoms with Gasteiger partial charge in [-0.1, -0.05) is 12.1 Å². The molecule has 0 bridgehead atoms. The third-order valence-electron chi connectivity index (χ3n) is 3.83. The molecule has 3 atom stereocenters. The zero-order valence-corrected chi connectivity index (χ0v) is 12.0. The molecule has 0 amide bonds. The zero-order valence-electron chi connectivity index (χ0n) is 12.0. The molecule has 0 saturated carbocycles. The molecule has 5 heteroatoms. The van der Waals surface area contributed by atoms with E-state index >= 15 is 0 Å². The number of nitrogens with one attached hydrogen (secondary N) is 1. The van der Waals surface area contributed by atoms with Crippen LogP contribution in [0.1, 0.15) is 37.9 Å². The normalized spacial score (nSPS) is 26.5. The van der Waals surface area contributed by atoms with Crippen molar-refractivity contribution in [1.82, 2.24) is 10.2 Å². The van der Waals surface area contributed by atoms with Gasteiger partial charge in [-0.2, -0.15) is 13.2 Å². The van der Waals surface area contributed by atoms with E-state index in [-0.39, 0.29) is 6.04 Å². The molecular weight excluding hydrogens is 265 g/mol. The highest BCUT2D eigenvalue weighted by atomic mass is 19.4. The average molecular weight is 286 g/mol. The summed E-state index contributed by atoms with van der Waals surface area (Å²) in [7, 11) is 0. The van der Waals surface area contributed by atoms with E-state index in [4.69, 9.17) is 0 Å². The molecule has 1 aliphatic heterocycles. The van der Waals surface area contributed by atoms with Gasteiger partial charge < -0.3 is 5.32 Å². The van der Waals surface area contributed by atoms with Gasteiger partial charge in [0.2, 0.25) is 0 Å². The summed E-state index contributed by atoms with van der Waals surface area (Å²) in [5.74, 6) is 0. The molecule has 1 N–H and O–H groups in total. The van der Waals surface area contributed by atoms with Crippen molar-refractivity contribution in [3.8, 4) is 0 Å². The van der Waals surface area contributed by atoms with E-state index in [1.54, 1.807) is 6.07 Å². The molecule has 1 aromatic carbocycles. The van der Waals surface area contributed by atoms with Crippen molar-refractivity contribution < 1.29 is 13.2 Å². The fraction of sp³-hybridized carbons (Fsp3) is 0.600. The van der Waals surface area contributed by atoms with Crippen molar-refractivity contribution >= 4 is 0 Å². The molecule has 1 aliphatic rings. The Kier molecular flexibility index (Phi) is 4.39. The smallest absolute Gasteiger partial charge is 0.309 e. The van der Waals surface area contributed by atoms with Crippen molar-refractivity contribution in [2.24, 2.45) is 0 Å². The Bertz CT molecular complexity index is 449. The highest BCUT2D eigenvalue weighted by molar-refractivity contribution is 5.27. The highest BCUT2D eigenvalue weighted by Crippen LogP contribution is 2.32. The van der Waals surface area contributed by atoms with Gasteiger partial charge in [0.1, 0.15) is 0 Å². The lowest BCUT2D eigenvalue weighted by molar-refractivity contribution is -0.137. The second-order valence-electron chi connectivity index (χ2n) is 5.72. The number of alkyl halides is 3. The van der Waals surface area contributed by atoms with Gasteiger partial charge in [0.05, 0.1) is 5.56 Å². The van der Waals surface area contributed by atoms with Crippen LogP contribution in [0.15, 0.2) is 24.3 Å². The van der Waals surface area contributed by atoms with E-state index in [1.807, 2.05) is 6.92 Å². The van der Waals surface area contributed by atoms with Gasteiger partial charge in [0.25, 0.3) is 0 Å². The SMILES string of the molecule is CC1CN(C(C)c2cccc(C(F)(F)F)c2)CC(C)N1. The van der Waals surface area contributed by atoms with E-state index < -0.39 is 11.7 Å². The molecule has 3 unspecified atom stereocenters. The van der Waals surface area contributed by atoms with Crippen LogP contribution in [0.2, 0.25) is 0 Å². The van der Waals surface area contributed by atoms with E-state index in [0.29, 0.717) is 12.1 Å². The summed E-state index contributed by atoms with van der Waals surface area (Å²) in [6.07, 6.45) is -4.28. The maximum atomic E-state index is 12.8. The Hall–Kier alpha value is -1.07. The van der Waals surface area contributed by atoms with Crippen LogP contribution in [0.4, 0.5) is 13.2 Å². The van der Waals surface area contributed by atoms with Crippen LogP contribution < -0.4 is 5.32 Å². The summed E-state index contributed by atoms with van der Waals surface area (Å²) in [5.41, 5.74) is 0.152. The number of halogens is 3. The van der Waals surface area contributed by atoms with Gasteiger partial charge in [-0.3, -0.25) is 4.90 Å². The van der Waals surface area contributed by atoms with Gasteiger partial charge in [-0.15, -0.1) is 0 Å². The Balaban J connectivity index is 2.18. The molecule has 1 saturated heterocycles. The lowest BCUT2D eigenvalue weighted by Crippen LogP contribution is -2.54. The second-order valence-corrected chi connectivity index (χ2v) is 5.72. The number of benzene rings is 1. The van der Waals surface area contributed by atoms with Gasteiger partial charge in [0.15, 0.2) is 0 Å². The van der Waals surface area contributed by atoms with Crippen LogP contribution in [0, 0.1) is 0 Å². The van der Waals surface area contributed by atoms with Crippen LogP contribution in [0.3, 0.4) is 0 Å². The van der Waals surface area contributed by atoms with Gasteiger partial charge in [-0.05, 0) is 38.5 Å². The first-order chi connectivity index (χ1) is 9.27. The molecule has 20 heavy (non-hydrogen) atoms. The van der Waals surface area contributed by atoms with Gasteiger partial charge in [-0.25, -0.2) is 0 Å². The van der Waals surface area contributed by atoms with Crippen molar-refractivity contribution in [2.75, 3.05) is 13.1 Å². The molecule has 2 rings (SSSR count). The van der Waals surface area contributed by atoms with Crippen LogP contribution in [-0.2, 0) is 6.18 Å². The van der Waals surface area contributed by atoms with Crippen molar-refractivity contribution in [3.05, 3.63) is 35.4 Å². The summed E-state index contributed by atoms with van der Waals surface area (Å²) in [6, 6.07) is 6.35. The summed E-state index contributed by atoms with van der Waals surface area (Å²) in [5, 5.41) is 3.43. The van der Waals surface area contributed by atoms with Crippen LogP contribution >= 0.6 is 0 Å². The Morgan fingerprint density at radius 1 is 1.20 bits per heavy atom. The number of hydrogen-bond acceptors (Lipinski definition) is 2. The molecule has 2 nitrogen and oxygen atoms in total. The molecule has 1 heterocycles. The van der Waals surface area contributed by atoms with Gasteiger partial charge >= 0.3 is 6.18 Å². The minimum Gasteiger partial charge on any atom is -0.309 e. The summed E-state index contributed by atoms with van der Waals surface area (Å²) < 4.78 is 38.3. The van der Waals surface area contributed by atoms with Crippen molar-refractivity contribution in [3.63, 3.8) is 0 Å². The summed E-state index contributed by atoms with van der Waals surface area (Å²) in [4.78, 5) is 2.24. The largest absolute Gasteiger partial charge is 0.416 e. The van der Waals surface area contributed by atoms with Crippen LogP contribution in [0.5, 0.6) is 0 Å².